The lowest BCUT2D eigenvalue weighted by Gasteiger charge is -2.25. The number of rotatable bonds is 3. The molecule has 1 aromatic carbocycles. The second kappa shape index (κ2) is 5.24. The molecule has 0 saturated heterocycles. The molecule has 0 unspecified atom stereocenters. The average molecular weight is 368 g/mol. The van der Waals surface area contributed by atoms with Crippen LogP contribution in [-0.4, -0.2) is 14.0 Å². The van der Waals surface area contributed by atoms with Gasteiger partial charge in [0.2, 0.25) is 10.0 Å². The molecule has 19 heavy (non-hydrogen) atoms. The van der Waals surface area contributed by atoms with Crippen LogP contribution in [0, 0.1) is 0 Å². The zero-order valence-corrected chi connectivity index (χ0v) is 13.7. The van der Waals surface area contributed by atoms with Crippen LogP contribution in [0.2, 0.25) is 5.02 Å². The van der Waals surface area contributed by atoms with Gasteiger partial charge in [0.1, 0.15) is 0 Å². The van der Waals surface area contributed by atoms with Crippen LogP contribution in [0.5, 0.6) is 0 Å². The van der Waals surface area contributed by atoms with Crippen molar-refractivity contribution in [3.63, 3.8) is 0 Å². The van der Waals surface area contributed by atoms with Crippen LogP contribution in [0.15, 0.2) is 21.5 Å². The summed E-state index contributed by atoms with van der Waals surface area (Å²) in [4.78, 5) is 0.0885. The molecule has 0 radical (unpaired) electrons. The van der Waals surface area contributed by atoms with Crippen molar-refractivity contribution >= 4 is 43.2 Å². The lowest BCUT2D eigenvalue weighted by molar-refractivity contribution is 0.427. The monoisotopic (exact) mass is 366 g/mol. The maximum atomic E-state index is 12.5. The largest absolute Gasteiger partial charge is 0.398 e. The molecule has 0 amide bonds. The maximum Gasteiger partial charge on any atom is 0.242 e. The normalized spacial score (nSPS) is 18.7. The number of halogens is 2. The van der Waals surface area contributed by atoms with Gasteiger partial charge in [-0.25, -0.2) is 13.1 Å². The van der Waals surface area contributed by atoms with E-state index in [1.165, 1.54) is 12.1 Å². The SMILES string of the molecule is CC1(NS(=O)(=O)c2cc(Cl)cc(N)c2Br)CCCC1. The first-order valence-electron chi connectivity index (χ1n) is 6.02. The van der Waals surface area contributed by atoms with Crippen molar-refractivity contribution in [3.8, 4) is 0 Å². The standard InChI is InChI=1S/C12H16BrClN2O2S/c1-12(4-2-3-5-12)16-19(17,18)10-7-8(14)6-9(15)11(10)13/h6-7,16H,2-5,15H2,1H3. The van der Waals surface area contributed by atoms with Gasteiger partial charge in [-0.1, -0.05) is 24.4 Å². The molecule has 1 aromatic rings. The van der Waals surface area contributed by atoms with Crippen LogP contribution >= 0.6 is 27.5 Å². The van der Waals surface area contributed by atoms with E-state index in [0.717, 1.165) is 25.7 Å². The van der Waals surface area contributed by atoms with Gasteiger partial charge < -0.3 is 5.73 Å². The fourth-order valence-corrected chi connectivity index (χ4v) is 5.18. The van der Waals surface area contributed by atoms with Crippen LogP contribution in [0.4, 0.5) is 5.69 Å². The van der Waals surface area contributed by atoms with E-state index in [4.69, 9.17) is 17.3 Å². The highest BCUT2D eigenvalue weighted by Gasteiger charge is 2.34. The molecule has 4 nitrogen and oxygen atoms in total. The summed E-state index contributed by atoms with van der Waals surface area (Å²) in [6.45, 7) is 1.93. The molecule has 0 aliphatic heterocycles. The summed E-state index contributed by atoms with van der Waals surface area (Å²) < 4.78 is 28.1. The van der Waals surface area contributed by atoms with Crippen LogP contribution in [0.25, 0.3) is 0 Å². The smallest absolute Gasteiger partial charge is 0.242 e. The minimum absolute atomic E-state index is 0.0885. The van der Waals surface area contributed by atoms with Crippen molar-refractivity contribution in [2.75, 3.05) is 5.73 Å². The van der Waals surface area contributed by atoms with Crippen molar-refractivity contribution in [3.05, 3.63) is 21.6 Å². The number of nitrogens with two attached hydrogens (primary N) is 1. The Morgan fingerprint density at radius 1 is 1.37 bits per heavy atom. The predicted octanol–water partition coefficient (Wildman–Crippen LogP) is 3.30. The third-order valence-electron chi connectivity index (χ3n) is 3.41. The molecule has 1 aliphatic carbocycles. The third-order valence-corrected chi connectivity index (χ3v) is 6.44. The Morgan fingerprint density at radius 2 is 1.95 bits per heavy atom. The van der Waals surface area contributed by atoms with E-state index in [0.29, 0.717) is 15.2 Å². The van der Waals surface area contributed by atoms with Gasteiger partial charge in [0, 0.05) is 16.2 Å². The van der Waals surface area contributed by atoms with Crippen molar-refractivity contribution < 1.29 is 8.42 Å². The molecule has 106 valence electrons. The molecule has 1 aliphatic rings. The van der Waals surface area contributed by atoms with E-state index in [-0.39, 0.29) is 10.4 Å². The molecular weight excluding hydrogens is 352 g/mol. The molecule has 1 fully saturated rings. The summed E-state index contributed by atoms with van der Waals surface area (Å²) in [5.74, 6) is 0. The first-order valence-corrected chi connectivity index (χ1v) is 8.67. The van der Waals surface area contributed by atoms with Crippen molar-refractivity contribution in [2.24, 2.45) is 0 Å². The first kappa shape index (κ1) is 15.1. The van der Waals surface area contributed by atoms with Gasteiger partial charge in [-0.05, 0) is 47.8 Å². The van der Waals surface area contributed by atoms with Crippen LogP contribution in [0.3, 0.4) is 0 Å². The van der Waals surface area contributed by atoms with Crippen molar-refractivity contribution in [1.29, 1.82) is 0 Å². The van der Waals surface area contributed by atoms with Gasteiger partial charge in [0.05, 0.1) is 9.37 Å². The van der Waals surface area contributed by atoms with E-state index in [2.05, 4.69) is 20.7 Å². The zero-order valence-electron chi connectivity index (χ0n) is 10.5. The van der Waals surface area contributed by atoms with E-state index in [9.17, 15) is 8.42 Å². The minimum Gasteiger partial charge on any atom is -0.398 e. The molecule has 0 heterocycles. The lowest BCUT2D eigenvalue weighted by Crippen LogP contribution is -2.43. The molecule has 0 spiro atoms. The number of benzene rings is 1. The molecule has 7 heteroatoms. The Hall–Kier alpha value is -0.300. The topological polar surface area (TPSA) is 72.2 Å². The molecular formula is C12H16BrClN2O2S. The Labute approximate surface area is 126 Å². The quantitative estimate of drug-likeness (QED) is 0.805. The number of nitrogen functional groups attached to an aromatic ring is 1. The first-order chi connectivity index (χ1) is 8.73. The van der Waals surface area contributed by atoms with E-state index in [1.807, 2.05) is 6.92 Å². The molecule has 1 saturated carbocycles. The summed E-state index contributed by atoms with van der Waals surface area (Å²) >= 11 is 9.10. The summed E-state index contributed by atoms with van der Waals surface area (Å²) in [6.07, 6.45) is 3.77. The Balaban J connectivity index is 2.40. The predicted molar refractivity (Wildman–Crippen MR) is 80.8 cm³/mol. The van der Waals surface area contributed by atoms with Crippen LogP contribution in [0.1, 0.15) is 32.6 Å². The number of hydrogen-bond donors (Lipinski definition) is 2. The summed E-state index contributed by atoms with van der Waals surface area (Å²) in [5, 5.41) is 0.303. The number of hydrogen-bond acceptors (Lipinski definition) is 3. The fourth-order valence-electron chi connectivity index (χ4n) is 2.42. The second-order valence-electron chi connectivity index (χ2n) is 5.18. The van der Waals surface area contributed by atoms with Crippen molar-refractivity contribution in [1.82, 2.24) is 4.72 Å². The van der Waals surface area contributed by atoms with Gasteiger partial charge in [-0.15, -0.1) is 0 Å². The second-order valence-corrected chi connectivity index (χ2v) is 8.06. The Morgan fingerprint density at radius 3 is 2.53 bits per heavy atom. The summed E-state index contributed by atoms with van der Waals surface area (Å²) in [7, 11) is -3.64. The van der Waals surface area contributed by atoms with Gasteiger partial charge in [0.25, 0.3) is 0 Å². The fraction of sp³-hybridized carbons (Fsp3) is 0.500. The van der Waals surface area contributed by atoms with Crippen LogP contribution in [-0.2, 0) is 10.0 Å². The molecule has 0 aromatic heterocycles. The number of sulfonamides is 1. The zero-order chi connectivity index (χ0) is 14.3. The number of nitrogens with one attached hydrogen (secondary N) is 1. The maximum absolute atomic E-state index is 12.5. The summed E-state index contributed by atoms with van der Waals surface area (Å²) in [6, 6.07) is 2.92. The van der Waals surface area contributed by atoms with E-state index < -0.39 is 10.0 Å². The van der Waals surface area contributed by atoms with Gasteiger partial charge in [-0.3, -0.25) is 0 Å². The molecule has 0 bridgehead atoms. The molecule has 3 N–H and O–H groups in total. The summed E-state index contributed by atoms with van der Waals surface area (Å²) in [5.41, 5.74) is 5.67. The van der Waals surface area contributed by atoms with E-state index >= 15 is 0 Å². The number of anilines is 1. The van der Waals surface area contributed by atoms with Gasteiger partial charge in [0.15, 0.2) is 0 Å². The highest BCUT2D eigenvalue weighted by atomic mass is 79.9. The van der Waals surface area contributed by atoms with Crippen LogP contribution < -0.4 is 10.5 Å². The molecule has 0 atom stereocenters. The molecule has 2 rings (SSSR count). The highest BCUT2D eigenvalue weighted by molar-refractivity contribution is 9.10. The van der Waals surface area contributed by atoms with Crippen molar-refractivity contribution in [2.45, 2.75) is 43.0 Å². The minimum atomic E-state index is -3.64. The van der Waals surface area contributed by atoms with E-state index in [1.54, 1.807) is 0 Å². The van der Waals surface area contributed by atoms with Gasteiger partial charge >= 0.3 is 0 Å². The highest BCUT2D eigenvalue weighted by Crippen LogP contribution is 2.35. The van der Waals surface area contributed by atoms with Gasteiger partial charge in [-0.2, -0.15) is 0 Å². The Bertz CT molecular complexity index is 598. The lowest BCUT2D eigenvalue weighted by atomic mass is 10.0. The average Bonchev–Trinajstić information content (AvgIpc) is 2.68. The Kier molecular flexibility index (Phi) is 4.16. The third kappa shape index (κ3) is 3.24.